The highest BCUT2D eigenvalue weighted by Crippen LogP contribution is 2.49. The molecule has 3 aliphatic rings. The molecule has 0 aromatic carbocycles. The van der Waals surface area contributed by atoms with Gasteiger partial charge in [0.1, 0.15) is 5.69 Å². The smallest absolute Gasteiger partial charge is 0.271 e. The molecule has 1 amide bonds. The van der Waals surface area contributed by atoms with E-state index in [4.69, 9.17) is 0 Å². The summed E-state index contributed by atoms with van der Waals surface area (Å²) in [5.74, 6) is 0.903. The van der Waals surface area contributed by atoms with Gasteiger partial charge in [0.05, 0.1) is 6.20 Å². The van der Waals surface area contributed by atoms with Crippen molar-refractivity contribution in [3.05, 3.63) is 24.3 Å². The molecule has 118 valence electrons. The van der Waals surface area contributed by atoms with E-state index in [-0.39, 0.29) is 5.91 Å². The molecule has 1 aromatic heterocycles. The van der Waals surface area contributed by atoms with Gasteiger partial charge in [-0.05, 0) is 62.9 Å². The zero-order valence-electron chi connectivity index (χ0n) is 13.0. The molecule has 1 aliphatic heterocycles. The molecule has 0 radical (unpaired) electrons. The molecule has 2 saturated carbocycles. The second-order valence-corrected chi connectivity index (χ2v) is 7.26. The summed E-state index contributed by atoms with van der Waals surface area (Å²) in [4.78, 5) is 23.0. The molecule has 1 atom stereocenters. The van der Waals surface area contributed by atoms with Crippen molar-refractivity contribution < 1.29 is 4.79 Å². The van der Waals surface area contributed by atoms with Gasteiger partial charge in [-0.3, -0.25) is 9.78 Å². The first-order valence-corrected chi connectivity index (χ1v) is 8.54. The quantitative estimate of drug-likeness (QED) is 0.922. The molecule has 1 saturated heterocycles. The predicted molar refractivity (Wildman–Crippen MR) is 83.4 cm³/mol. The van der Waals surface area contributed by atoms with Gasteiger partial charge in [-0.2, -0.15) is 0 Å². The molecule has 1 N–H and O–H groups in total. The highest BCUT2D eigenvalue weighted by molar-refractivity contribution is 5.92. The number of carbonyl (C=O) groups is 1. The molecule has 3 fully saturated rings. The van der Waals surface area contributed by atoms with Crippen LogP contribution in [0.25, 0.3) is 0 Å². The fraction of sp³-hybridized carbons (Fsp3) is 0.706. The molecule has 5 nitrogen and oxygen atoms in total. The van der Waals surface area contributed by atoms with Crippen LogP contribution >= 0.6 is 0 Å². The van der Waals surface area contributed by atoms with Gasteiger partial charge in [0.2, 0.25) is 0 Å². The zero-order chi connectivity index (χ0) is 15.0. The van der Waals surface area contributed by atoms with Crippen molar-refractivity contribution in [2.24, 2.45) is 11.3 Å². The molecular formula is C17H24N4O. The fourth-order valence-corrected chi connectivity index (χ4v) is 4.02. The summed E-state index contributed by atoms with van der Waals surface area (Å²) in [5, 5.41) is 3.20. The molecule has 2 aliphatic carbocycles. The van der Waals surface area contributed by atoms with Crippen molar-refractivity contribution in [1.29, 1.82) is 0 Å². The molecule has 1 aromatic rings. The lowest BCUT2D eigenvalue weighted by Crippen LogP contribution is -2.59. The lowest BCUT2D eigenvalue weighted by molar-refractivity contribution is -0.00613. The molecule has 22 heavy (non-hydrogen) atoms. The maximum Gasteiger partial charge on any atom is 0.271 e. The third kappa shape index (κ3) is 2.74. The average Bonchev–Trinajstić information content (AvgIpc) is 3.37. The van der Waals surface area contributed by atoms with Crippen LogP contribution in [0, 0.1) is 11.3 Å². The van der Waals surface area contributed by atoms with Crippen molar-refractivity contribution in [2.45, 2.75) is 44.6 Å². The lowest BCUT2D eigenvalue weighted by atomic mass is 9.59. The van der Waals surface area contributed by atoms with Gasteiger partial charge in [0.25, 0.3) is 5.91 Å². The lowest BCUT2D eigenvalue weighted by Gasteiger charge is -2.54. The second kappa shape index (κ2) is 5.61. The first-order valence-electron chi connectivity index (χ1n) is 8.54. The number of likely N-dealkylation sites (tertiary alicyclic amines) is 1. The Hall–Kier alpha value is -1.49. The van der Waals surface area contributed by atoms with Gasteiger partial charge in [-0.1, -0.05) is 0 Å². The summed E-state index contributed by atoms with van der Waals surface area (Å²) >= 11 is 0. The highest BCUT2D eigenvalue weighted by Gasteiger charge is 2.49. The summed E-state index contributed by atoms with van der Waals surface area (Å²) in [6, 6.07) is 0.324. The van der Waals surface area contributed by atoms with Crippen molar-refractivity contribution in [1.82, 2.24) is 20.2 Å². The minimum absolute atomic E-state index is 0.0717. The number of piperidine rings is 1. The van der Waals surface area contributed by atoms with E-state index in [1.165, 1.54) is 51.7 Å². The summed E-state index contributed by atoms with van der Waals surface area (Å²) in [6.45, 7) is 3.70. The number of hydrogen-bond donors (Lipinski definition) is 1. The molecule has 5 heteroatoms. The Bertz CT molecular complexity index is 535. The van der Waals surface area contributed by atoms with Crippen LogP contribution in [0.15, 0.2) is 18.6 Å². The van der Waals surface area contributed by atoms with Crippen LogP contribution < -0.4 is 5.32 Å². The fourth-order valence-electron chi connectivity index (χ4n) is 4.02. The van der Waals surface area contributed by atoms with Gasteiger partial charge in [-0.25, -0.2) is 4.98 Å². The monoisotopic (exact) mass is 300 g/mol. The normalized spacial score (nSPS) is 27.4. The van der Waals surface area contributed by atoms with Crippen LogP contribution in [0.1, 0.15) is 49.0 Å². The first-order chi connectivity index (χ1) is 10.8. The van der Waals surface area contributed by atoms with Crippen LogP contribution in [-0.4, -0.2) is 46.5 Å². The maximum absolute atomic E-state index is 12.3. The number of rotatable bonds is 4. The number of aromatic nitrogens is 2. The second-order valence-electron chi connectivity index (χ2n) is 7.26. The van der Waals surface area contributed by atoms with Crippen LogP contribution in [0.3, 0.4) is 0 Å². The molecule has 4 rings (SSSR count). The van der Waals surface area contributed by atoms with Gasteiger partial charge in [0.15, 0.2) is 0 Å². The Morgan fingerprint density at radius 2 is 2.05 bits per heavy atom. The maximum atomic E-state index is 12.3. The largest absolute Gasteiger partial charge is 0.347 e. The van der Waals surface area contributed by atoms with E-state index < -0.39 is 0 Å². The van der Waals surface area contributed by atoms with Gasteiger partial charge >= 0.3 is 0 Å². The summed E-state index contributed by atoms with van der Waals surface area (Å²) in [7, 11) is 0. The van der Waals surface area contributed by atoms with Crippen molar-refractivity contribution in [3.63, 3.8) is 0 Å². The van der Waals surface area contributed by atoms with E-state index >= 15 is 0 Å². The van der Waals surface area contributed by atoms with E-state index in [0.29, 0.717) is 17.2 Å². The minimum atomic E-state index is -0.0717. The number of amides is 1. The number of carbonyl (C=O) groups excluding carboxylic acids is 1. The van der Waals surface area contributed by atoms with E-state index in [1.54, 1.807) is 18.6 Å². The Balaban J connectivity index is 1.33. The van der Waals surface area contributed by atoms with Crippen LogP contribution in [-0.2, 0) is 0 Å². The molecule has 1 spiro atoms. The van der Waals surface area contributed by atoms with Crippen molar-refractivity contribution >= 4 is 5.91 Å². The summed E-state index contributed by atoms with van der Waals surface area (Å²) in [6.07, 6.45) is 12.4. The molecule has 0 bridgehead atoms. The number of hydrogen-bond acceptors (Lipinski definition) is 4. The van der Waals surface area contributed by atoms with E-state index in [2.05, 4.69) is 20.2 Å². The van der Waals surface area contributed by atoms with E-state index in [1.807, 2.05) is 0 Å². The van der Waals surface area contributed by atoms with Crippen LogP contribution in [0.5, 0.6) is 0 Å². The van der Waals surface area contributed by atoms with E-state index in [0.717, 1.165) is 12.3 Å². The minimum Gasteiger partial charge on any atom is -0.347 e. The van der Waals surface area contributed by atoms with Gasteiger partial charge in [-0.15, -0.1) is 0 Å². The molecule has 2 heterocycles. The predicted octanol–water partition coefficient (Wildman–Crippen LogP) is 1.86. The van der Waals surface area contributed by atoms with Crippen molar-refractivity contribution in [3.8, 4) is 0 Å². The van der Waals surface area contributed by atoms with Crippen LogP contribution in [0.2, 0.25) is 0 Å². The topological polar surface area (TPSA) is 58.1 Å². The standard InChI is InChI=1S/C17H24N4O/c22-16(14-11-18-7-8-19-14)20-15-3-4-17(15)5-9-21(10-6-17)12-13-1-2-13/h7-8,11,13,15H,1-6,9-10,12H2,(H,20,22). The number of nitrogens with one attached hydrogen (secondary N) is 1. The Labute approximate surface area is 131 Å². The Kier molecular flexibility index (Phi) is 3.60. The van der Waals surface area contributed by atoms with Crippen molar-refractivity contribution in [2.75, 3.05) is 19.6 Å². The summed E-state index contributed by atoms with van der Waals surface area (Å²) in [5.41, 5.74) is 0.772. The van der Waals surface area contributed by atoms with E-state index in [9.17, 15) is 4.79 Å². The third-order valence-electron chi connectivity index (χ3n) is 5.84. The zero-order valence-corrected chi connectivity index (χ0v) is 13.0. The summed E-state index contributed by atoms with van der Waals surface area (Å²) < 4.78 is 0. The van der Waals surface area contributed by atoms with Gasteiger partial charge < -0.3 is 10.2 Å². The Morgan fingerprint density at radius 1 is 1.23 bits per heavy atom. The molecule has 1 unspecified atom stereocenters. The number of nitrogens with zero attached hydrogens (tertiary/aromatic N) is 3. The molecular weight excluding hydrogens is 276 g/mol. The van der Waals surface area contributed by atoms with Gasteiger partial charge in [0, 0.05) is 25.0 Å². The average molecular weight is 300 g/mol. The van der Waals surface area contributed by atoms with Crippen LogP contribution in [0.4, 0.5) is 0 Å². The first kappa shape index (κ1) is 14.1. The SMILES string of the molecule is O=C(NC1CCC12CCN(CC1CC1)CC2)c1cnccn1. The Morgan fingerprint density at radius 3 is 2.64 bits per heavy atom. The third-order valence-corrected chi connectivity index (χ3v) is 5.84. The highest BCUT2D eigenvalue weighted by atomic mass is 16.2.